The number of carbonyl (C=O) groups is 1. The Kier molecular flexibility index (Phi) is 4.43. The minimum atomic E-state index is -0.269. The van der Waals surface area contributed by atoms with E-state index in [9.17, 15) is 4.79 Å². The van der Waals surface area contributed by atoms with Gasteiger partial charge >= 0.3 is 0 Å². The number of aryl methyl sites for hydroxylation is 2. The van der Waals surface area contributed by atoms with Gasteiger partial charge in [-0.15, -0.1) is 0 Å². The van der Waals surface area contributed by atoms with Crippen LogP contribution in [0.3, 0.4) is 0 Å². The smallest absolute Gasteiger partial charge is 0.275 e. The van der Waals surface area contributed by atoms with Crippen LogP contribution in [-0.4, -0.2) is 50.4 Å². The van der Waals surface area contributed by atoms with Crippen molar-refractivity contribution < 1.29 is 4.79 Å². The third-order valence-corrected chi connectivity index (χ3v) is 5.55. The van der Waals surface area contributed by atoms with Gasteiger partial charge in [-0.05, 0) is 44.7 Å². The molecule has 1 atom stereocenters. The molecule has 2 N–H and O–H groups in total. The van der Waals surface area contributed by atoms with Crippen LogP contribution >= 0.6 is 0 Å². The van der Waals surface area contributed by atoms with Crippen LogP contribution in [0.2, 0.25) is 0 Å². The summed E-state index contributed by atoms with van der Waals surface area (Å²) in [5.41, 5.74) is 3.84. The van der Waals surface area contributed by atoms with Gasteiger partial charge in [0.05, 0.1) is 23.8 Å². The summed E-state index contributed by atoms with van der Waals surface area (Å²) < 4.78 is 1.93. The number of nitrogens with one attached hydrogen (secondary N) is 2. The summed E-state index contributed by atoms with van der Waals surface area (Å²) in [4.78, 5) is 28.2. The predicted octanol–water partition coefficient (Wildman–Crippen LogP) is 2.32. The van der Waals surface area contributed by atoms with E-state index in [2.05, 4.69) is 30.5 Å². The molecule has 1 amide bonds. The topological polar surface area (TPSA) is 87.5 Å². The SMILES string of the molecule is Cc1cn2cc(NC(=O)c3cnc(N4CC[C@@H](NC5CC5)C4)cn3)cc(C)c2n1. The van der Waals surface area contributed by atoms with Gasteiger partial charge in [0.15, 0.2) is 0 Å². The average Bonchev–Trinajstić information content (AvgIpc) is 3.24. The zero-order valence-electron chi connectivity index (χ0n) is 16.7. The quantitative estimate of drug-likeness (QED) is 0.694. The van der Waals surface area contributed by atoms with Crippen molar-refractivity contribution in [1.82, 2.24) is 24.7 Å². The number of carbonyl (C=O) groups excluding carboxylic acids is 1. The van der Waals surface area contributed by atoms with Crippen molar-refractivity contribution in [3.05, 3.63) is 47.8 Å². The molecule has 0 bridgehead atoms. The van der Waals surface area contributed by atoms with E-state index < -0.39 is 0 Å². The Morgan fingerprint density at radius 2 is 1.97 bits per heavy atom. The van der Waals surface area contributed by atoms with Crippen LogP contribution in [0.1, 0.15) is 41.0 Å². The van der Waals surface area contributed by atoms with Gasteiger partial charge in [-0.1, -0.05) is 0 Å². The Morgan fingerprint density at radius 1 is 1.10 bits per heavy atom. The third kappa shape index (κ3) is 3.80. The van der Waals surface area contributed by atoms with Crippen LogP contribution in [-0.2, 0) is 0 Å². The normalized spacial score (nSPS) is 19.1. The zero-order valence-corrected chi connectivity index (χ0v) is 16.7. The fraction of sp³-hybridized carbons (Fsp3) is 0.429. The molecule has 5 rings (SSSR count). The molecular formula is C21H25N7O. The lowest BCUT2D eigenvalue weighted by Crippen LogP contribution is -2.34. The Hall–Kier alpha value is -3.00. The summed E-state index contributed by atoms with van der Waals surface area (Å²) in [5, 5.41) is 6.58. The molecule has 0 spiro atoms. The molecule has 8 heteroatoms. The van der Waals surface area contributed by atoms with Gasteiger partial charge in [0, 0.05) is 37.6 Å². The first-order chi connectivity index (χ1) is 14.0. The number of rotatable bonds is 5. The molecule has 2 aliphatic rings. The van der Waals surface area contributed by atoms with Gasteiger partial charge in [0.1, 0.15) is 17.2 Å². The van der Waals surface area contributed by atoms with E-state index >= 15 is 0 Å². The van der Waals surface area contributed by atoms with Crippen LogP contribution in [0.4, 0.5) is 11.5 Å². The minimum absolute atomic E-state index is 0.269. The molecular weight excluding hydrogens is 366 g/mol. The molecule has 150 valence electrons. The van der Waals surface area contributed by atoms with Crippen LogP contribution in [0.5, 0.6) is 0 Å². The number of fused-ring (bicyclic) bond motifs is 1. The number of amides is 1. The van der Waals surface area contributed by atoms with Crippen molar-refractivity contribution in [2.24, 2.45) is 0 Å². The van der Waals surface area contributed by atoms with Gasteiger partial charge in [0.25, 0.3) is 5.91 Å². The summed E-state index contributed by atoms with van der Waals surface area (Å²) in [5.74, 6) is 0.558. The molecule has 8 nitrogen and oxygen atoms in total. The van der Waals surface area contributed by atoms with E-state index in [1.807, 2.05) is 36.7 Å². The highest BCUT2D eigenvalue weighted by molar-refractivity contribution is 6.02. The highest BCUT2D eigenvalue weighted by Gasteiger charge is 2.29. The Balaban J connectivity index is 1.26. The largest absolute Gasteiger partial charge is 0.354 e. The molecule has 1 aliphatic heterocycles. The minimum Gasteiger partial charge on any atom is -0.354 e. The van der Waals surface area contributed by atoms with Crippen LogP contribution in [0, 0.1) is 13.8 Å². The second-order valence-electron chi connectivity index (χ2n) is 8.11. The third-order valence-electron chi connectivity index (χ3n) is 5.55. The van der Waals surface area contributed by atoms with Gasteiger partial charge in [-0.3, -0.25) is 4.79 Å². The molecule has 3 aromatic heterocycles. The van der Waals surface area contributed by atoms with E-state index in [0.717, 1.165) is 42.2 Å². The number of anilines is 2. The van der Waals surface area contributed by atoms with Crippen LogP contribution < -0.4 is 15.5 Å². The first-order valence-electron chi connectivity index (χ1n) is 10.2. The lowest BCUT2D eigenvalue weighted by Gasteiger charge is -2.17. The van der Waals surface area contributed by atoms with E-state index in [0.29, 0.717) is 23.5 Å². The van der Waals surface area contributed by atoms with E-state index in [-0.39, 0.29) is 5.91 Å². The fourth-order valence-corrected chi connectivity index (χ4v) is 3.94. The zero-order chi connectivity index (χ0) is 20.0. The molecule has 3 aromatic rings. The second-order valence-corrected chi connectivity index (χ2v) is 8.11. The number of hydrogen-bond donors (Lipinski definition) is 2. The average molecular weight is 391 g/mol. The summed E-state index contributed by atoms with van der Waals surface area (Å²) in [6.07, 6.45) is 10.8. The van der Waals surface area contributed by atoms with Crippen molar-refractivity contribution in [2.45, 2.75) is 45.2 Å². The van der Waals surface area contributed by atoms with Crippen molar-refractivity contribution in [1.29, 1.82) is 0 Å². The van der Waals surface area contributed by atoms with Crippen molar-refractivity contribution in [3.8, 4) is 0 Å². The summed E-state index contributed by atoms with van der Waals surface area (Å²) >= 11 is 0. The molecule has 0 aromatic carbocycles. The van der Waals surface area contributed by atoms with Crippen molar-refractivity contribution in [3.63, 3.8) is 0 Å². The molecule has 1 saturated heterocycles. The first-order valence-corrected chi connectivity index (χ1v) is 10.2. The monoisotopic (exact) mass is 391 g/mol. The Bertz CT molecular complexity index is 1050. The second kappa shape index (κ2) is 7.11. The summed E-state index contributed by atoms with van der Waals surface area (Å²) in [6, 6.07) is 3.15. The highest BCUT2D eigenvalue weighted by atomic mass is 16.1. The molecule has 0 radical (unpaired) electrons. The van der Waals surface area contributed by atoms with E-state index in [1.54, 1.807) is 12.4 Å². The molecule has 4 heterocycles. The lowest BCUT2D eigenvalue weighted by molar-refractivity contribution is 0.102. The number of nitrogens with zero attached hydrogens (tertiary/aromatic N) is 5. The molecule has 29 heavy (non-hydrogen) atoms. The van der Waals surface area contributed by atoms with E-state index in [1.165, 1.54) is 12.8 Å². The van der Waals surface area contributed by atoms with Crippen LogP contribution in [0.15, 0.2) is 30.9 Å². The number of pyridine rings is 1. The maximum atomic E-state index is 12.6. The first kappa shape index (κ1) is 18.1. The Morgan fingerprint density at radius 3 is 2.72 bits per heavy atom. The van der Waals surface area contributed by atoms with E-state index in [4.69, 9.17) is 0 Å². The fourth-order valence-electron chi connectivity index (χ4n) is 3.94. The maximum absolute atomic E-state index is 12.6. The molecule has 1 aliphatic carbocycles. The molecule has 1 saturated carbocycles. The number of hydrogen-bond acceptors (Lipinski definition) is 6. The lowest BCUT2D eigenvalue weighted by atomic mass is 10.2. The standard InChI is InChI=1S/C21H25N7O/c1-13-7-17(12-28-10-14(2)24-20(13)28)26-21(29)18-8-23-19(9-22-18)27-6-5-16(11-27)25-15-3-4-15/h7-10,12,15-16,25H,3-6,11H2,1-2H3,(H,26,29)/t16-/m1/s1. The maximum Gasteiger partial charge on any atom is 0.275 e. The van der Waals surface area contributed by atoms with Gasteiger partial charge in [-0.2, -0.15) is 0 Å². The number of imidazole rings is 1. The number of aromatic nitrogens is 4. The van der Waals surface area contributed by atoms with Crippen molar-refractivity contribution >= 4 is 23.1 Å². The highest BCUT2D eigenvalue weighted by Crippen LogP contribution is 2.24. The Labute approximate surface area is 169 Å². The summed E-state index contributed by atoms with van der Waals surface area (Å²) in [6.45, 7) is 5.84. The molecule has 2 fully saturated rings. The predicted molar refractivity (Wildman–Crippen MR) is 111 cm³/mol. The van der Waals surface area contributed by atoms with Crippen molar-refractivity contribution in [2.75, 3.05) is 23.3 Å². The van der Waals surface area contributed by atoms with Gasteiger partial charge in [0.2, 0.25) is 0 Å². The van der Waals surface area contributed by atoms with Gasteiger partial charge < -0.3 is 19.9 Å². The molecule has 0 unspecified atom stereocenters. The summed E-state index contributed by atoms with van der Waals surface area (Å²) in [7, 11) is 0. The van der Waals surface area contributed by atoms with Crippen LogP contribution in [0.25, 0.3) is 5.65 Å². The van der Waals surface area contributed by atoms with Gasteiger partial charge in [-0.25, -0.2) is 15.0 Å².